The minimum Gasteiger partial charge on any atom is -0.278 e. The van der Waals surface area contributed by atoms with Crippen LogP contribution in [0.3, 0.4) is 0 Å². The van der Waals surface area contributed by atoms with Crippen molar-refractivity contribution in [1.82, 2.24) is 9.97 Å². The highest BCUT2D eigenvalue weighted by molar-refractivity contribution is 7.92. The Morgan fingerprint density at radius 1 is 1.26 bits per heavy atom. The quantitative estimate of drug-likeness (QED) is 0.883. The summed E-state index contributed by atoms with van der Waals surface area (Å²) in [5.41, 5.74) is 0.973. The zero-order valence-electron chi connectivity index (χ0n) is 9.76. The summed E-state index contributed by atoms with van der Waals surface area (Å²) in [5, 5.41) is 0.420. The van der Waals surface area contributed by atoms with E-state index in [4.69, 9.17) is 23.2 Å². The maximum absolute atomic E-state index is 12.1. The first-order chi connectivity index (χ1) is 8.90. The number of halogens is 2. The average molecular weight is 318 g/mol. The van der Waals surface area contributed by atoms with Crippen LogP contribution in [0.4, 0.5) is 5.69 Å². The van der Waals surface area contributed by atoms with E-state index in [2.05, 4.69) is 14.7 Å². The Bertz CT molecular complexity index is 720. The fourth-order valence-electron chi connectivity index (χ4n) is 1.38. The van der Waals surface area contributed by atoms with E-state index in [9.17, 15) is 8.42 Å². The maximum Gasteiger partial charge on any atom is 0.264 e. The fraction of sp³-hybridized carbons (Fsp3) is 0.0909. The zero-order chi connectivity index (χ0) is 14.0. The summed E-state index contributed by atoms with van der Waals surface area (Å²) >= 11 is 11.6. The molecule has 0 fully saturated rings. The number of nitrogens with one attached hydrogen (secondary N) is 1. The van der Waals surface area contributed by atoms with Crippen LogP contribution in [0, 0.1) is 6.92 Å². The van der Waals surface area contributed by atoms with Crippen LogP contribution in [-0.4, -0.2) is 18.4 Å². The largest absolute Gasteiger partial charge is 0.278 e. The molecular weight excluding hydrogens is 309 g/mol. The molecule has 2 rings (SSSR count). The van der Waals surface area contributed by atoms with Gasteiger partial charge >= 0.3 is 0 Å². The third kappa shape index (κ3) is 3.15. The number of nitrogens with zero attached hydrogens (tertiary/aromatic N) is 2. The van der Waals surface area contributed by atoms with Gasteiger partial charge in [0.1, 0.15) is 10.0 Å². The molecule has 2 aromatic rings. The normalized spacial score (nSPS) is 11.3. The Kier molecular flexibility index (Phi) is 3.93. The van der Waals surface area contributed by atoms with Crippen molar-refractivity contribution in [2.75, 3.05) is 4.72 Å². The lowest BCUT2D eigenvalue weighted by Gasteiger charge is -2.09. The van der Waals surface area contributed by atoms with Crippen molar-refractivity contribution in [2.24, 2.45) is 0 Å². The first kappa shape index (κ1) is 14.0. The van der Waals surface area contributed by atoms with E-state index >= 15 is 0 Å². The first-order valence-electron chi connectivity index (χ1n) is 5.14. The van der Waals surface area contributed by atoms with Gasteiger partial charge in [0.2, 0.25) is 0 Å². The van der Waals surface area contributed by atoms with E-state index in [-0.39, 0.29) is 9.92 Å². The molecule has 0 aliphatic rings. The predicted molar refractivity (Wildman–Crippen MR) is 74.0 cm³/mol. The second kappa shape index (κ2) is 5.32. The molecule has 0 spiro atoms. The summed E-state index contributed by atoms with van der Waals surface area (Å²) in [6.07, 6.45) is 3.92. The number of anilines is 1. The average Bonchev–Trinajstić information content (AvgIpc) is 2.34. The van der Waals surface area contributed by atoms with Crippen LogP contribution in [0.2, 0.25) is 10.2 Å². The number of hydrogen-bond acceptors (Lipinski definition) is 4. The van der Waals surface area contributed by atoms with Crippen LogP contribution in [0.5, 0.6) is 0 Å². The van der Waals surface area contributed by atoms with Gasteiger partial charge in [-0.2, -0.15) is 0 Å². The second-order valence-corrected chi connectivity index (χ2v) is 6.16. The van der Waals surface area contributed by atoms with Crippen molar-refractivity contribution in [3.05, 3.63) is 46.5 Å². The minimum absolute atomic E-state index is 0.0933. The van der Waals surface area contributed by atoms with Gasteiger partial charge in [0, 0.05) is 12.4 Å². The molecule has 0 aliphatic heterocycles. The Labute approximate surface area is 120 Å². The summed E-state index contributed by atoms with van der Waals surface area (Å²) in [4.78, 5) is 7.52. The lowest BCUT2D eigenvalue weighted by molar-refractivity contribution is 0.601. The molecular formula is C11H9Cl2N3O2S. The first-order valence-corrected chi connectivity index (χ1v) is 7.38. The van der Waals surface area contributed by atoms with Crippen molar-refractivity contribution in [2.45, 2.75) is 11.8 Å². The van der Waals surface area contributed by atoms with E-state index in [0.29, 0.717) is 16.4 Å². The van der Waals surface area contributed by atoms with Crippen LogP contribution >= 0.6 is 23.2 Å². The van der Waals surface area contributed by atoms with Gasteiger partial charge in [-0.3, -0.25) is 9.71 Å². The van der Waals surface area contributed by atoms with E-state index in [1.165, 1.54) is 24.7 Å². The van der Waals surface area contributed by atoms with Crippen LogP contribution in [0.1, 0.15) is 5.56 Å². The lowest BCUT2D eigenvalue weighted by Crippen LogP contribution is -2.14. The fourth-order valence-corrected chi connectivity index (χ4v) is 2.95. The Morgan fingerprint density at radius 3 is 2.63 bits per heavy atom. The molecule has 0 saturated carbocycles. The maximum atomic E-state index is 12.1. The van der Waals surface area contributed by atoms with Gasteiger partial charge in [0.05, 0.1) is 16.9 Å². The summed E-state index contributed by atoms with van der Waals surface area (Å²) in [7, 11) is -3.80. The summed E-state index contributed by atoms with van der Waals surface area (Å²) in [5.74, 6) is 0. The molecule has 0 atom stereocenters. The number of sulfonamides is 1. The number of pyridine rings is 2. The lowest BCUT2D eigenvalue weighted by atomic mass is 10.3. The second-order valence-electron chi connectivity index (χ2n) is 3.74. The van der Waals surface area contributed by atoms with Gasteiger partial charge in [-0.15, -0.1) is 0 Å². The number of rotatable bonds is 3. The third-order valence-corrected chi connectivity index (χ3v) is 4.54. The molecule has 0 amide bonds. The third-order valence-electron chi connectivity index (χ3n) is 2.29. The van der Waals surface area contributed by atoms with Crippen molar-refractivity contribution in [1.29, 1.82) is 0 Å². The molecule has 2 heterocycles. The highest BCUT2D eigenvalue weighted by Gasteiger charge is 2.18. The molecule has 0 radical (unpaired) electrons. The van der Waals surface area contributed by atoms with Gasteiger partial charge in [-0.1, -0.05) is 23.2 Å². The summed E-state index contributed by atoms with van der Waals surface area (Å²) < 4.78 is 26.6. The van der Waals surface area contributed by atoms with Crippen molar-refractivity contribution in [3.8, 4) is 0 Å². The van der Waals surface area contributed by atoms with Crippen molar-refractivity contribution in [3.63, 3.8) is 0 Å². The smallest absolute Gasteiger partial charge is 0.264 e. The molecule has 19 heavy (non-hydrogen) atoms. The molecule has 2 aromatic heterocycles. The van der Waals surface area contributed by atoms with Gasteiger partial charge in [0.25, 0.3) is 10.0 Å². The molecule has 8 heteroatoms. The molecule has 0 aliphatic carbocycles. The Hall–Kier alpha value is -1.37. The molecule has 1 N–H and O–H groups in total. The van der Waals surface area contributed by atoms with Crippen LogP contribution in [0.25, 0.3) is 0 Å². The van der Waals surface area contributed by atoms with Gasteiger partial charge in [-0.05, 0) is 24.6 Å². The highest BCUT2D eigenvalue weighted by Crippen LogP contribution is 2.23. The molecule has 0 unspecified atom stereocenters. The molecule has 0 aromatic carbocycles. The molecule has 100 valence electrons. The molecule has 0 bridgehead atoms. The van der Waals surface area contributed by atoms with Gasteiger partial charge < -0.3 is 0 Å². The van der Waals surface area contributed by atoms with E-state index < -0.39 is 10.0 Å². The van der Waals surface area contributed by atoms with Crippen LogP contribution < -0.4 is 4.72 Å². The van der Waals surface area contributed by atoms with E-state index in [1.54, 1.807) is 13.0 Å². The van der Waals surface area contributed by atoms with Crippen LogP contribution in [0.15, 0.2) is 35.6 Å². The SMILES string of the molecule is Cc1cc(NS(=O)(=O)c2cnccc2Cl)cnc1Cl. The Balaban J connectivity index is 2.37. The van der Waals surface area contributed by atoms with E-state index in [0.717, 1.165) is 0 Å². The standard InChI is InChI=1S/C11H9Cl2N3O2S/c1-7-4-8(5-15-11(7)13)16-19(17,18)10-6-14-3-2-9(10)12/h2-6,16H,1H3. The van der Waals surface area contributed by atoms with Crippen molar-refractivity contribution >= 4 is 38.9 Å². The predicted octanol–water partition coefficient (Wildman–Crippen LogP) is 2.89. The van der Waals surface area contributed by atoms with Crippen LogP contribution in [-0.2, 0) is 10.0 Å². The Morgan fingerprint density at radius 2 is 2.00 bits per heavy atom. The minimum atomic E-state index is -3.80. The summed E-state index contributed by atoms with van der Waals surface area (Å²) in [6, 6.07) is 2.98. The monoisotopic (exact) mass is 317 g/mol. The molecule has 5 nitrogen and oxygen atoms in total. The van der Waals surface area contributed by atoms with Gasteiger partial charge in [-0.25, -0.2) is 13.4 Å². The number of aromatic nitrogens is 2. The number of hydrogen-bond donors (Lipinski definition) is 1. The number of aryl methyl sites for hydroxylation is 1. The highest BCUT2D eigenvalue weighted by atomic mass is 35.5. The summed E-state index contributed by atoms with van der Waals surface area (Å²) in [6.45, 7) is 1.73. The van der Waals surface area contributed by atoms with E-state index in [1.807, 2.05) is 0 Å². The zero-order valence-corrected chi connectivity index (χ0v) is 12.1. The van der Waals surface area contributed by atoms with Gasteiger partial charge in [0.15, 0.2) is 0 Å². The topological polar surface area (TPSA) is 72.0 Å². The molecule has 0 saturated heterocycles. The van der Waals surface area contributed by atoms with Crippen molar-refractivity contribution < 1.29 is 8.42 Å².